The van der Waals surface area contributed by atoms with Crippen LogP contribution in [0.2, 0.25) is 0 Å². The number of anilines is 2. The number of hydrogen-bond donors (Lipinski definition) is 2. The number of rotatable bonds is 3. The van der Waals surface area contributed by atoms with Crippen LogP contribution in [0.25, 0.3) is 0 Å². The zero-order chi connectivity index (χ0) is 12.4. The monoisotopic (exact) mass is 235 g/mol. The first-order valence-electron chi connectivity index (χ1n) is 6.17. The number of nitrogens with one attached hydrogen (secondary N) is 1. The first-order valence-corrected chi connectivity index (χ1v) is 6.17. The molecule has 0 bridgehead atoms. The van der Waals surface area contributed by atoms with Crippen molar-refractivity contribution in [3.05, 3.63) is 11.8 Å². The summed E-state index contributed by atoms with van der Waals surface area (Å²) in [6, 6.07) is 2.60. The molecule has 1 aromatic heterocycles. The van der Waals surface area contributed by atoms with Gasteiger partial charge in [0.15, 0.2) is 0 Å². The number of nitrogens with two attached hydrogens (primary N) is 1. The molecule has 5 nitrogen and oxygen atoms in total. The Labute approximate surface area is 102 Å². The molecular formula is C12H21N5. The fourth-order valence-corrected chi connectivity index (χ4v) is 2.13. The minimum Gasteiger partial charge on any atom is -0.368 e. The molecule has 1 atom stereocenters. The fourth-order valence-electron chi connectivity index (χ4n) is 2.13. The van der Waals surface area contributed by atoms with Crippen molar-refractivity contribution >= 4 is 11.8 Å². The molecule has 1 fully saturated rings. The Morgan fingerprint density at radius 2 is 2.24 bits per heavy atom. The highest BCUT2D eigenvalue weighted by molar-refractivity contribution is 5.45. The van der Waals surface area contributed by atoms with E-state index in [9.17, 15) is 0 Å². The predicted octanol–water partition coefficient (Wildman–Crippen LogP) is 0.980. The summed E-state index contributed by atoms with van der Waals surface area (Å²) in [5.41, 5.74) is 6.78. The van der Waals surface area contributed by atoms with E-state index in [-0.39, 0.29) is 0 Å². The average molecular weight is 235 g/mol. The Morgan fingerprint density at radius 1 is 1.47 bits per heavy atom. The molecule has 2 heterocycles. The molecule has 0 spiro atoms. The average Bonchev–Trinajstić information content (AvgIpc) is 2.76. The summed E-state index contributed by atoms with van der Waals surface area (Å²) < 4.78 is 0. The summed E-state index contributed by atoms with van der Waals surface area (Å²) in [6.45, 7) is 6.25. The Bertz CT molecular complexity index is 390. The van der Waals surface area contributed by atoms with Gasteiger partial charge in [0.05, 0.1) is 5.69 Å². The molecule has 94 valence electrons. The van der Waals surface area contributed by atoms with E-state index in [4.69, 9.17) is 5.73 Å². The summed E-state index contributed by atoms with van der Waals surface area (Å²) in [7, 11) is 2.00. The molecule has 0 aromatic carbocycles. The summed E-state index contributed by atoms with van der Waals surface area (Å²) in [5, 5.41) is 3.30. The van der Waals surface area contributed by atoms with E-state index in [1.54, 1.807) is 0 Å². The molecule has 3 N–H and O–H groups in total. The molecular weight excluding hydrogens is 214 g/mol. The van der Waals surface area contributed by atoms with Gasteiger partial charge >= 0.3 is 0 Å². The largest absolute Gasteiger partial charge is 0.368 e. The SMILES string of the molecule is CN[C@@H]1CCN(c2cc(C(C)C)nc(N)n2)C1. The minimum absolute atomic E-state index is 0.374. The highest BCUT2D eigenvalue weighted by atomic mass is 15.2. The molecule has 0 unspecified atom stereocenters. The first-order chi connectivity index (χ1) is 8.10. The zero-order valence-electron chi connectivity index (χ0n) is 10.8. The maximum Gasteiger partial charge on any atom is 0.222 e. The van der Waals surface area contributed by atoms with Crippen molar-refractivity contribution in [3.8, 4) is 0 Å². The van der Waals surface area contributed by atoms with E-state index in [0.29, 0.717) is 17.9 Å². The lowest BCUT2D eigenvalue weighted by atomic mass is 10.1. The van der Waals surface area contributed by atoms with Crippen molar-refractivity contribution in [2.45, 2.75) is 32.2 Å². The van der Waals surface area contributed by atoms with Crippen LogP contribution in [0.4, 0.5) is 11.8 Å². The van der Waals surface area contributed by atoms with Gasteiger partial charge in [-0.05, 0) is 19.4 Å². The van der Waals surface area contributed by atoms with Crippen molar-refractivity contribution in [1.29, 1.82) is 0 Å². The molecule has 1 aliphatic heterocycles. The van der Waals surface area contributed by atoms with Crippen LogP contribution in [0.3, 0.4) is 0 Å². The first kappa shape index (κ1) is 12.1. The van der Waals surface area contributed by atoms with Crippen LogP contribution in [-0.2, 0) is 0 Å². The van der Waals surface area contributed by atoms with Gasteiger partial charge < -0.3 is 16.0 Å². The van der Waals surface area contributed by atoms with Crippen molar-refractivity contribution in [1.82, 2.24) is 15.3 Å². The lowest BCUT2D eigenvalue weighted by molar-refractivity contribution is 0.616. The molecule has 0 radical (unpaired) electrons. The maximum atomic E-state index is 5.77. The number of likely N-dealkylation sites (N-methyl/N-ethyl adjacent to an activating group) is 1. The molecule has 2 rings (SSSR count). The summed E-state index contributed by atoms with van der Waals surface area (Å²) in [4.78, 5) is 10.9. The zero-order valence-corrected chi connectivity index (χ0v) is 10.8. The van der Waals surface area contributed by atoms with Gasteiger partial charge in [0.2, 0.25) is 5.95 Å². The minimum atomic E-state index is 0.374. The third kappa shape index (κ3) is 2.66. The molecule has 1 saturated heterocycles. The van der Waals surface area contributed by atoms with Gasteiger partial charge in [-0.15, -0.1) is 0 Å². The van der Waals surface area contributed by atoms with E-state index >= 15 is 0 Å². The normalized spacial score (nSPS) is 20.2. The van der Waals surface area contributed by atoms with E-state index in [2.05, 4.69) is 40.1 Å². The van der Waals surface area contributed by atoms with E-state index in [1.807, 2.05) is 7.05 Å². The summed E-state index contributed by atoms with van der Waals surface area (Å²) in [6.07, 6.45) is 1.15. The van der Waals surface area contributed by atoms with Gasteiger partial charge in [-0.2, -0.15) is 4.98 Å². The van der Waals surface area contributed by atoms with Crippen LogP contribution in [0.15, 0.2) is 6.07 Å². The van der Waals surface area contributed by atoms with Gasteiger partial charge in [0, 0.05) is 25.2 Å². The number of hydrogen-bond acceptors (Lipinski definition) is 5. The Morgan fingerprint density at radius 3 is 2.82 bits per heavy atom. The molecule has 1 aromatic rings. The van der Waals surface area contributed by atoms with Gasteiger partial charge in [0.1, 0.15) is 5.82 Å². The Kier molecular flexibility index (Phi) is 3.47. The van der Waals surface area contributed by atoms with Crippen molar-refractivity contribution < 1.29 is 0 Å². The molecule has 5 heteroatoms. The van der Waals surface area contributed by atoms with Crippen LogP contribution in [0.1, 0.15) is 31.9 Å². The Hall–Kier alpha value is -1.36. The topological polar surface area (TPSA) is 67.1 Å². The second-order valence-electron chi connectivity index (χ2n) is 4.88. The lowest BCUT2D eigenvalue weighted by Crippen LogP contribution is -2.30. The van der Waals surface area contributed by atoms with Crippen molar-refractivity contribution in [2.75, 3.05) is 30.8 Å². The van der Waals surface area contributed by atoms with Gasteiger partial charge in [-0.3, -0.25) is 0 Å². The molecule has 1 aliphatic rings. The van der Waals surface area contributed by atoms with Crippen molar-refractivity contribution in [2.24, 2.45) is 0 Å². The van der Waals surface area contributed by atoms with Gasteiger partial charge in [-0.25, -0.2) is 4.98 Å². The van der Waals surface area contributed by atoms with E-state index in [1.165, 1.54) is 0 Å². The van der Waals surface area contributed by atoms with Crippen LogP contribution in [-0.4, -0.2) is 36.1 Å². The van der Waals surface area contributed by atoms with E-state index < -0.39 is 0 Å². The third-order valence-corrected chi connectivity index (χ3v) is 3.26. The number of aromatic nitrogens is 2. The fraction of sp³-hybridized carbons (Fsp3) is 0.667. The highest BCUT2D eigenvalue weighted by Gasteiger charge is 2.22. The van der Waals surface area contributed by atoms with Crippen LogP contribution < -0.4 is 16.0 Å². The van der Waals surface area contributed by atoms with Crippen molar-refractivity contribution in [3.63, 3.8) is 0 Å². The molecule has 17 heavy (non-hydrogen) atoms. The van der Waals surface area contributed by atoms with Crippen LogP contribution >= 0.6 is 0 Å². The molecule has 0 saturated carbocycles. The lowest BCUT2D eigenvalue weighted by Gasteiger charge is -2.19. The summed E-state index contributed by atoms with van der Waals surface area (Å²) >= 11 is 0. The van der Waals surface area contributed by atoms with Gasteiger partial charge in [-0.1, -0.05) is 13.8 Å². The maximum absolute atomic E-state index is 5.77. The number of nitrogens with zero attached hydrogens (tertiary/aromatic N) is 3. The predicted molar refractivity (Wildman–Crippen MR) is 70.2 cm³/mol. The van der Waals surface area contributed by atoms with E-state index in [0.717, 1.165) is 31.0 Å². The van der Waals surface area contributed by atoms with Crippen LogP contribution in [0.5, 0.6) is 0 Å². The molecule has 0 amide bonds. The second-order valence-corrected chi connectivity index (χ2v) is 4.88. The second kappa shape index (κ2) is 4.87. The Balaban J connectivity index is 2.21. The smallest absolute Gasteiger partial charge is 0.222 e. The number of nitrogen functional groups attached to an aromatic ring is 1. The summed E-state index contributed by atoms with van der Waals surface area (Å²) in [5.74, 6) is 1.71. The quantitative estimate of drug-likeness (QED) is 0.817. The standard InChI is InChI=1S/C12H21N5/c1-8(2)10-6-11(16-12(13)15-10)17-5-4-9(7-17)14-3/h6,8-9,14H,4-5,7H2,1-3H3,(H2,13,15,16)/t9-/m1/s1. The van der Waals surface area contributed by atoms with Gasteiger partial charge in [0.25, 0.3) is 0 Å². The highest BCUT2D eigenvalue weighted by Crippen LogP contribution is 2.22. The van der Waals surface area contributed by atoms with Crippen LogP contribution in [0, 0.1) is 0 Å². The third-order valence-electron chi connectivity index (χ3n) is 3.26. The molecule has 0 aliphatic carbocycles.